The number of amides is 3. The number of nitrogens with zero attached hydrogens (tertiary/aromatic N) is 8. The molecule has 6 aliphatic rings. The third kappa shape index (κ3) is 20.0. The number of hydrogen-bond acceptors (Lipinski definition) is 25. The van der Waals surface area contributed by atoms with Crippen molar-refractivity contribution >= 4 is 117 Å². The normalized spacial score (nSPS) is 21.6. The van der Waals surface area contributed by atoms with E-state index in [1.54, 1.807) is 32.4 Å². The summed E-state index contributed by atoms with van der Waals surface area (Å²) in [5, 5.41) is 34.7. The highest BCUT2D eigenvalue weighted by molar-refractivity contribution is 7.21. The van der Waals surface area contributed by atoms with E-state index >= 15 is 0 Å². The molecule has 9 heterocycles. The van der Waals surface area contributed by atoms with Crippen LogP contribution in [0.3, 0.4) is 0 Å². The minimum atomic E-state index is -0.390. The van der Waals surface area contributed by atoms with E-state index in [0.29, 0.717) is 121 Å². The van der Waals surface area contributed by atoms with Gasteiger partial charge in [0.2, 0.25) is 0 Å². The van der Waals surface area contributed by atoms with Crippen LogP contribution in [0.25, 0.3) is 30.6 Å². The molecular formula is C79H98F3N15O10S3. The summed E-state index contributed by atoms with van der Waals surface area (Å²) in [7, 11) is 7.66. The number of anilines is 6. The van der Waals surface area contributed by atoms with Crippen molar-refractivity contribution in [1.29, 1.82) is 0 Å². The van der Waals surface area contributed by atoms with Gasteiger partial charge >= 0.3 is 0 Å². The number of carbonyl (C=O) groups excluding carboxylic acids is 3. The smallest absolute Gasteiger partial charge is 0.261 e. The molecule has 1 unspecified atom stereocenters. The molecular weight excluding hydrogens is 1470 g/mol. The molecule has 3 saturated heterocycles. The van der Waals surface area contributed by atoms with E-state index in [9.17, 15) is 32.7 Å². The van der Waals surface area contributed by atoms with Gasteiger partial charge in [0.25, 0.3) is 17.7 Å². The van der Waals surface area contributed by atoms with Crippen molar-refractivity contribution in [2.45, 2.75) is 178 Å². The highest BCUT2D eigenvalue weighted by Crippen LogP contribution is 2.42. The maximum atomic E-state index is 14.2. The molecule has 25 nitrogen and oxygen atoms in total. The summed E-state index contributed by atoms with van der Waals surface area (Å²) in [5.74, 6) is 1.48. The van der Waals surface area contributed by atoms with Gasteiger partial charge in [0.15, 0.2) is 0 Å². The highest BCUT2D eigenvalue weighted by atomic mass is 32.1. The van der Waals surface area contributed by atoms with Crippen LogP contribution >= 0.6 is 34.0 Å². The Morgan fingerprint density at radius 1 is 0.500 bits per heavy atom. The van der Waals surface area contributed by atoms with Crippen LogP contribution in [-0.2, 0) is 14.2 Å². The number of aryl methyl sites for hydroxylation is 3. The van der Waals surface area contributed by atoms with Crippen LogP contribution in [0.2, 0.25) is 0 Å². The monoisotopic (exact) mass is 1570 g/mol. The summed E-state index contributed by atoms with van der Waals surface area (Å²) < 4.78 is 77.6. The molecule has 3 aliphatic heterocycles. The fourth-order valence-corrected chi connectivity index (χ4v) is 18.1. The Hall–Kier alpha value is -8.50. The lowest BCUT2D eigenvalue weighted by atomic mass is 9.95. The number of thiophene rings is 3. The predicted molar refractivity (Wildman–Crippen MR) is 423 cm³/mol. The molecule has 3 saturated carbocycles. The second-order valence-corrected chi connectivity index (χ2v) is 32.2. The van der Waals surface area contributed by atoms with Crippen molar-refractivity contribution in [2.75, 3.05) is 96.7 Å². The number of ether oxygens (including phenoxy) is 6. The largest absolute Gasteiger partial charge is 0.488 e. The molecule has 110 heavy (non-hydrogen) atoms. The third-order valence-corrected chi connectivity index (χ3v) is 25.0. The molecule has 0 radical (unpaired) electrons. The summed E-state index contributed by atoms with van der Waals surface area (Å²) in [5.41, 5.74) is 4.24. The van der Waals surface area contributed by atoms with Crippen LogP contribution in [0, 0.1) is 38.2 Å². The number of rotatable bonds is 21. The minimum absolute atomic E-state index is 0.00285. The highest BCUT2D eigenvalue weighted by Gasteiger charge is 2.31. The van der Waals surface area contributed by atoms with Gasteiger partial charge in [-0.1, -0.05) is 0 Å². The molecule has 8 N–H and O–H groups in total. The van der Waals surface area contributed by atoms with Gasteiger partial charge < -0.3 is 80.5 Å². The Balaban J connectivity index is 0.000000145. The van der Waals surface area contributed by atoms with E-state index in [1.165, 1.54) is 89.4 Å². The molecule has 3 aliphatic carbocycles. The number of morpholine rings is 1. The number of aliphatic hydroxyl groups excluding tert-OH is 1. The minimum Gasteiger partial charge on any atom is -0.488 e. The molecule has 3 amide bonds. The van der Waals surface area contributed by atoms with Crippen LogP contribution in [0.4, 0.5) is 47.7 Å². The molecule has 0 bridgehead atoms. The van der Waals surface area contributed by atoms with Crippen LogP contribution in [0.15, 0.2) is 73.6 Å². The molecule has 588 valence electrons. The van der Waals surface area contributed by atoms with Crippen LogP contribution in [-0.4, -0.2) is 198 Å². The Kier molecular flexibility index (Phi) is 26.9. The van der Waals surface area contributed by atoms with Crippen molar-refractivity contribution in [3.63, 3.8) is 0 Å². The third-order valence-electron chi connectivity index (χ3n) is 21.4. The number of piperidine rings is 2. The average molecular weight is 1570 g/mol. The van der Waals surface area contributed by atoms with Crippen molar-refractivity contribution in [3.05, 3.63) is 122 Å². The van der Waals surface area contributed by atoms with Gasteiger partial charge in [-0.05, 0) is 217 Å². The van der Waals surface area contributed by atoms with E-state index in [4.69, 9.17) is 28.4 Å². The lowest BCUT2D eigenvalue weighted by Crippen LogP contribution is -2.45. The fraction of sp³-hybridized carbons (Fsp3) is 0.506. The summed E-state index contributed by atoms with van der Waals surface area (Å²) >= 11 is 4.04. The molecule has 1 atom stereocenters. The van der Waals surface area contributed by atoms with Gasteiger partial charge in [-0.3, -0.25) is 14.4 Å². The SMILES string of the molecule is COC1CCC(Oc2cc(F)ccc2Nc2ncnc3sc(C(=O)NC4CCN(C)CC4)c(C)c23)CC1.COC1CCC(Oc2cc(F)ccc2Nc2ncnc3sc(C(=O)NCC4CNCCO4)c(C)c23)CC1.Cc1c(C(=O)NC2CCN(C)CC2)sc2ncnc(Nc3ccc(F)cc3OC3CCC(O)CC3)c12. The summed E-state index contributed by atoms with van der Waals surface area (Å²) in [6.07, 6.45) is 18.1. The Morgan fingerprint density at radius 3 is 1.19 bits per heavy atom. The number of carbonyl (C=O) groups is 3. The van der Waals surface area contributed by atoms with Crippen molar-refractivity contribution in [3.8, 4) is 17.2 Å². The number of aliphatic hydroxyl groups is 1. The standard InChI is InChI=1S/C27H34FN5O3S.C26H32FN5O4S.C26H32FN5O3S/c1-16-23-25(29-15-30-27(23)37-24(16)26(34)31-18-10-12-33(2)13-11-18)32-21-9-4-17(28)14-22(21)36-20-7-5-19(35-3)6-8-20;1-15-22-24(30-14-31-26(22)37-23(15)25(33)29-13-19-12-28-9-10-35-19)32-20-8-3-16(27)11-21(20)36-18-6-4-17(34-2)5-7-18;1-15-22-24(31-20-8-3-16(27)13-21(20)35-19-6-4-18(33)5-7-19)28-14-29-26(22)36-23(15)25(34)30-17-9-11-32(2)12-10-17/h4,9,14-15,18-20H,5-8,10-13H2,1-3H3,(H,31,34)(H,29,30,32);3,8,11,14,17-19,28H,4-7,9-10,12-13H2,1-2H3,(H,29,33)(H,30,31,32);3,8,13-14,17-19,33H,4-7,9-12H2,1-2H3,(H,30,34)(H,28,29,31). The zero-order chi connectivity index (χ0) is 77.0. The number of likely N-dealkylation sites (tertiary alicyclic amines) is 2. The molecule has 6 aromatic heterocycles. The van der Waals surface area contributed by atoms with Gasteiger partial charge in [-0.2, -0.15) is 0 Å². The second-order valence-electron chi connectivity index (χ2n) is 29.2. The molecule has 3 aromatic carbocycles. The quantitative estimate of drug-likeness (QED) is 0.0332. The molecule has 9 aromatic rings. The first-order chi connectivity index (χ1) is 53.3. The van der Waals surface area contributed by atoms with Crippen LogP contribution < -0.4 is 51.4 Å². The zero-order valence-corrected chi connectivity index (χ0v) is 65.6. The predicted octanol–water partition coefficient (Wildman–Crippen LogP) is 13.4. The Bertz CT molecular complexity index is 4640. The first-order valence-electron chi connectivity index (χ1n) is 38.0. The Morgan fingerprint density at radius 2 is 0.845 bits per heavy atom. The molecule has 0 spiro atoms. The van der Waals surface area contributed by atoms with Gasteiger partial charge in [-0.15, -0.1) is 34.0 Å². The number of hydrogen-bond donors (Lipinski definition) is 8. The lowest BCUT2D eigenvalue weighted by Gasteiger charge is -2.29. The van der Waals surface area contributed by atoms with Crippen molar-refractivity contribution in [2.24, 2.45) is 0 Å². The van der Waals surface area contributed by atoms with E-state index in [1.807, 2.05) is 20.8 Å². The molecule has 6 fully saturated rings. The maximum absolute atomic E-state index is 14.2. The summed E-state index contributed by atoms with van der Waals surface area (Å²) in [6, 6.07) is 13.6. The second kappa shape index (κ2) is 37.2. The summed E-state index contributed by atoms with van der Waals surface area (Å²) in [4.78, 5) is 74.4. The van der Waals surface area contributed by atoms with Crippen molar-refractivity contribution in [1.82, 2.24) is 61.0 Å². The van der Waals surface area contributed by atoms with Gasteiger partial charge in [-0.25, -0.2) is 43.1 Å². The van der Waals surface area contributed by atoms with Gasteiger partial charge in [0, 0.05) is 64.1 Å². The zero-order valence-electron chi connectivity index (χ0n) is 63.2. The van der Waals surface area contributed by atoms with Gasteiger partial charge in [0.05, 0.1) is 97.2 Å². The van der Waals surface area contributed by atoms with Crippen LogP contribution in [0.1, 0.15) is 148 Å². The number of benzene rings is 3. The first kappa shape index (κ1) is 79.6. The fourth-order valence-electron chi connectivity index (χ4n) is 14.9. The molecule has 31 heteroatoms. The number of fused-ring (bicyclic) bond motifs is 3. The van der Waals surface area contributed by atoms with Crippen molar-refractivity contribution < 1.29 is 61.1 Å². The molecule has 15 rings (SSSR count). The lowest BCUT2D eigenvalue weighted by molar-refractivity contribution is 0.0287. The van der Waals surface area contributed by atoms with E-state index in [0.717, 1.165) is 147 Å². The first-order valence-corrected chi connectivity index (χ1v) is 40.5. The maximum Gasteiger partial charge on any atom is 0.261 e. The van der Waals surface area contributed by atoms with E-state index in [2.05, 4.69) is 91.0 Å². The average Bonchev–Trinajstić information content (AvgIpc) is 1.64. The number of nitrogens with one attached hydrogen (secondary N) is 7. The van der Waals surface area contributed by atoms with E-state index < -0.39 is 0 Å². The number of aromatic nitrogens is 6. The summed E-state index contributed by atoms with van der Waals surface area (Å²) in [6.45, 7) is 12.2. The number of methoxy groups -OCH3 is 2. The number of halogens is 3. The van der Waals surface area contributed by atoms with E-state index in [-0.39, 0.29) is 90.0 Å². The van der Waals surface area contributed by atoms with Gasteiger partial charge in [0.1, 0.15) is 85.6 Å². The Labute approximate surface area is 649 Å². The topological polar surface area (TPSA) is 295 Å². The van der Waals surface area contributed by atoms with Crippen LogP contribution in [0.5, 0.6) is 17.2 Å².